The van der Waals surface area contributed by atoms with E-state index in [4.69, 9.17) is 16.3 Å². The molecule has 0 bridgehead atoms. The third-order valence-corrected chi connectivity index (χ3v) is 5.84. The third kappa shape index (κ3) is 4.67. The van der Waals surface area contributed by atoms with Crippen LogP contribution >= 0.6 is 34.3 Å². The highest BCUT2D eigenvalue weighted by atomic mass is 35.5. The quantitative estimate of drug-likeness (QED) is 0.616. The lowest BCUT2D eigenvalue weighted by atomic mass is 10.3. The molecule has 0 saturated carbocycles. The van der Waals surface area contributed by atoms with Gasteiger partial charge >= 0.3 is 5.97 Å². The molecule has 2 heterocycles. The van der Waals surface area contributed by atoms with Crippen molar-refractivity contribution in [2.75, 3.05) is 11.9 Å². The topological polar surface area (TPSA) is 89.8 Å². The number of amides is 2. The van der Waals surface area contributed by atoms with Crippen molar-refractivity contribution >= 4 is 68.0 Å². The van der Waals surface area contributed by atoms with Crippen LogP contribution in [0.3, 0.4) is 0 Å². The Labute approximate surface area is 173 Å². The van der Waals surface area contributed by atoms with Crippen LogP contribution in [0.25, 0.3) is 10.2 Å². The van der Waals surface area contributed by atoms with Gasteiger partial charge in [0.15, 0.2) is 4.80 Å². The van der Waals surface area contributed by atoms with Gasteiger partial charge in [-0.25, -0.2) is 0 Å². The van der Waals surface area contributed by atoms with Gasteiger partial charge in [0, 0.05) is 12.6 Å². The minimum Gasteiger partial charge on any atom is -0.465 e. The molecule has 0 fully saturated rings. The fraction of sp³-hybridized carbons (Fsp3) is 0.222. The van der Waals surface area contributed by atoms with E-state index in [9.17, 15) is 14.4 Å². The molecule has 3 rings (SSSR count). The summed E-state index contributed by atoms with van der Waals surface area (Å²) in [6.07, 6.45) is 0. The number of thiophene rings is 1. The van der Waals surface area contributed by atoms with E-state index in [1.165, 1.54) is 18.3 Å². The number of anilines is 1. The van der Waals surface area contributed by atoms with Crippen molar-refractivity contribution in [3.63, 3.8) is 0 Å². The zero-order valence-corrected chi connectivity index (χ0v) is 17.4. The Morgan fingerprint density at radius 3 is 2.64 bits per heavy atom. The van der Waals surface area contributed by atoms with Crippen molar-refractivity contribution in [1.82, 2.24) is 4.57 Å². The van der Waals surface area contributed by atoms with Crippen LogP contribution in [0.5, 0.6) is 0 Å². The van der Waals surface area contributed by atoms with Crippen LogP contribution in [0.4, 0.5) is 5.69 Å². The molecule has 2 aromatic heterocycles. The zero-order valence-electron chi connectivity index (χ0n) is 15.0. The van der Waals surface area contributed by atoms with Crippen molar-refractivity contribution in [3.05, 3.63) is 44.3 Å². The molecule has 0 spiro atoms. The fourth-order valence-corrected chi connectivity index (χ4v) is 4.49. The first-order valence-corrected chi connectivity index (χ1v) is 10.3. The van der Waals surface area contributed by atoms with Gasteiger partial charge in [-0.1, -0.05) is 22.9 Å². The highest BCUT2D eigenvalue weighted by Crippen LogP contribution is 2.24. The van der Waals surface area contributed by atoms with Crippen LogP contribution in [0.1, 0.15) is 23.5 Å². The maximum Gasteiger partial charge on any atom is 0.326 e. The lowest BCUT2D eigenvalue weighted by molar-refractivity contribution is -0.143. The first-order valence-electron chi connectivity index (χ1n) is 8.28. The number of hydrogen-bond acceptors (Lipinski definition) is 6. The largest absolute Gasteiger partial charge is 0.465 e. The number of thiazole rings is 1. The summed E-state index contributed by atoms with van der Waals surface area (Å²) in [4.78, 5) is 40.8. The molecule has 146 valence electrons. The number of halogens is 1. The third-order valence-electron chi connectivity index (χ3n) is 3.58. The van der Waals surface area contributed by atoms with E-state index in [0.717, 1.165) is 16.0 Å². The van der Waals surface area contributed by atoms with E-state index in [1.807, 2.05) is 0 Å². The number of carbonyl (C=O) groups excluding carboxylic acids is 3. The first kappa shape index (κ1) is 20.2. The van der Waals surface area contributed by atoms with Crippen molar-refractivity contribution in [3.8, 4) is 0 Å². The lowest BCUT2D eigenvalue weighted by Gasteiger charge is -2.06. The van der Waals surface area contributed by atoms with Gasteiger partial charge in [0.05, 0.1) is 26.0 Å². The van der Waals surface area contributed by atoms with Crippen LogP contribution in [0.2, 0.25) is 4.34 Å². The zero-order chi connectivity index (χ0) is 20.3. The van der Waals surface area contributed by atoms with Gasteiger partial charge in [-0.05, 0) is 37.3 Å². The summed E-state index contributed by atoms with van der Waals surface area (Å²) >= 11 is 8.27. The Balaban J connectivity index is 2.09. The minimum atomic E-state index is -0.442. The van der Waals surface area contributed by atoms with Crippen molar-refractivity contribution in [1.29, 1.82) is 0 Å². The monoisotopic (exact) mass is 437 g/mol. The van der Waals surface area contributed by atoms with Crippen molar-refractivity contribution < 1.29 is 19.1 Å². The van der Waals surface area contributed by atoms with Crippen LogP contribution < -0.4 is 10.1 Å². The molecule has 0 saturated heterocycles. The number of nitrogens with zero attached hydrogens (tertiary/aromatic N) is 2. The molecule has 0 aliphatic carbocycles. The number of hydrogen-bond donors (Lipinski definition) is 1. The van der Waals surface area contributed by atoms with Crippen LogP contribution in [-0.2, 0) is 20.9 Å². The first-order chi connectivity index (χ1) is 13.4. The SMILES string of the molecule is CCOC(=O)Cn1c(=NC(=O)c2ccc(Cl)s2)sc2cc(NC(C)=O)ccc21. The Morgan fingerprint density at radius 2 is 2.00 bits per heavy atom. The summed E-state index contributed by atoms with van der Waals surface area (Å²) in [7, 11) is 0. The fourth-order valence-electron chi connectivity index (χ4n) is 2.50. The highest BCUT2D eigenvalue weighted by Gasteiger charge is 2.14. The molecular formula is C18H16ClN3O4S2. The van der Waals surface area contributed by atoms with Gasteiger partial charge in [0.1, 0.15) is 6.54 Å². The maximum absolute atomic E-state index is 12.5. The molecule has 1 aromatic carbocycles. The number of fused-ring (bicyclic) bond motifs is 1. The van der Waals surface area contributed by atoms with Gasteiger partial charge in [-0.15, -0.1) is 11.3 Å². The molecule has 0 radical (unpaired) electrons. The van der Waals surface area contributed by atoms with Crippen LogP contribution in [0.15, 0.2) is 35.3 Å². The van der Waals surface area contributed by atoms with E-state index in [0.29, 0.717) is 25.2 Å². The van der Waals surface area contributed by atoms with Crippen LogP contribution in [0, 0.1) is 0 Å². The smallest absolute Gasteiger partial charge is 0.326 e. The molecule has 0 unspecified atom stereocenters. The second-order valence-electron chi connectivity index (χ2n) is 5.66. The van der Waals surface area contributed by atoms with E-state index in [2.05, 4.69) is 10.3 Å². The number of benzene rings is 1. The molecule has 0 aliphatic rings. The molecule has 1 N–H and O–H groups in total. The molecule has 0 atom stereocenters. The van der Waals surface area contributed by atoms with Gasteiger partial charge in [0.25, 0.3) is 5.91 Å². The second-order valence-corrected chi connectivity index (χ2v) is 8.38. The Hall–Kier alpha value is -2.49. The molecule has 7 nitrogen and oxygen atoms in total. The maximum atomic E-state index is 12.5. The second kappa shape index (κ2) is 8.68. The summed E-state index contributed by atoms with van der Waals surface area (Å²) in [6.45, 7) is 3.33. The van der Waals surface area contributed by atoms with Gasteiger partial charge in [0.2, 0.25) is 5.91 Å². The van der Waals surface area contributed by atoms with Crippen molar-refractivity contribution in [2.45, 2.75) is 20.4 Å². The predicted molar refractivity (Wildman–Crippen MR) is 110 cm³/mol. The van der Waals surface area contributed by atoms with E-state index in [-0.39, 0.29) is 19.1 Å². The summed E-state index contributed by atoms with van der Waals surface area (Å²) in [5.74, 6) is -1.06. The summed E-state index contributed by atoms with van der Waals surface area (Å²) in [5.41, 5.74) is 1.33. The Bertz CT molecular complexity index is 1130. The van der Waals surface area contributed by atoms with Crippen molar-refractivity contribution in [2.24, 2.45) is 4.99 Å². The number of aromatic nitrogens is 1. The van der Waals surface area contributed by atoms with E-state index >= 15 is 0 Å². The lowest BCUT2D eigenvalue weighted by Crippen LogP contribution is -2.23. The summed E-state index contributed by atoms with van der Waals surface area (Å²) in [5, 5.41) is 2.71. The molecule has 0 aliphatic heterocycles. The number of ether oxygens (including phenoxy) is 1. The summed E-state index contributed by atoms with van der Waals surface area (Å²) in [6, 6.07) is 8.50. The predicted octanol–water partition coefficient (Wildman–Crippen LogP) is 3.68. The molecule has 28 heavy (non-hydrogen) atoms. The number of nitrogens with one attached hydrogen (secondary N) is 1. The standard InChI is InChI=1S/C18H16ClN3O4S2/c1-3-26-16(24)9-22-12-5-4-11(20-10(2)23)8-14(12)28-18(22)21-17(25)13-6-7-15(19)27-13/h4-8H,3,9H2,1-2H3,(H,20,23). The Kier molecular flexibility index (Phi) is 6.28. The van der Waals surface area contributed by atoms with Gasteiger partial charge in [-0.2, -0.15) is 4.99 Å². The van der Waals surface area contributed by atoms with E-state index in [1.54, 1.807) is 41.8 Å². The highest BCUT2D eigenvalue weighted by molar-refractivity contribution is 7.18. The molecule has 2 amide bonds. The van der Waals surface area contributed by atoms with Crippen LogP contribution in [-0.4, -0.2) is 29.0 Å². The average molecular weight is 438 g/mol. The van der Waals surface area contributed by atoms with Gasteiger partial charge in [-0.3, -0.25) is 14.4 Å². The minimum absolute atomic E-state index is 0.0787. The van der Waals surface area contributed by atoms with Gasteiger partial charge < -0.3 is 14.6 Å². The molecular weight excluding hydrogens is 422 g/mol. The average Bonchev–Trinajstić information content (AvgIpc) is 3.19. The molecule has 10 heteroatoms. The molecule has 3 aromatic rings. The normalized spacial score (nSPS) is 11.6. The number of rotatable bonds is 5. The number of carbonyl (C=O) groups is 3. The Morgan fingerprint density at radius 1 is 1.21 bits per heavy atom. The number of esters is 1. The van der Waals surface area contributed by atoms with E-state index < -0.39 is 11.9 Å². The summed E-state index contributed by atoms with van der Waals surface area (Å²) < 4.78 is 7.93.